The topological polar surface area (TPSA) is 3.24 Å². The minimum Gasteiger partial charge on any atom is -0.372 e. The molecule has 0 atom stereocenters. The molecule has 1 aromatic carbocycles. The summed E-state index contributed by atoms with van der Waals surface area (Å²) in [5, 5.41) is 0. The molecule has 0 unspecified atom stereocenters. The van der Waals surface area contributed by atoms with E-state index in [2.05, 4.69) is 71.9 Å². The first kappa shape index (κ1) is 14.7. The molecule has 0 fully saturated rings. The standard InChI is InChI=1S/C16H20BrNS/c1-4-18(5-2)14-8-6-13(7-9-14)16-11-10-15(17)12(3)19-16/h6-9,11H,4-5,10H2,1-3H3. The summed E-state index contributed by atoms with van der Waals surface area (Å²) in [5.41, 5.74) is 2.63. The number of thioether (sulfide) groups is 1. The van der Waals surface area contributed by atoms with Crippen molar-refractivity contribution >= 4 is 38.3 Å². The van der Waals surface area contributed by atoms with E-state index in [1.807, 2.05) is 11.8 Å². The van der Waals surface area contributed by atoms with Gasteiger partial charge in [0.15, 0.2) is 0 Å². The highest BCUT2D eigenvalue weighted by Gasteiger charge is 2.12. The fourth-order valence-corrected chi connectivity index (χ4v) is 3.54. The van der Waals surface area contributed by atoms with Crippen LogP contribution in [0.25, 0.3) is 4.91 Å². The number of benzene rings is 1. The Bertz CT molecular complexity index is 498. The Balaban J connectivity index is 2.16. The molecule has 19 heavy (non-hydrogen) atoms. The monoisotopic (exact) mass is 337 g/mol. The van der Waals surface area contributed by atoms with Crippen LogP contribution < -0.4 is 4.90 Å². The van der Waals surface area contributed by atoms with Crippen LogP contribution in [0, 0.1) is 0 Å². The summed E-state index contributed by atoms with van der Waals surface area (Å²) in [6.45, 7) is 8.68. The van der Waals surface area contributed by atoms with Gasteiger partial charge < -0.3 is 4.90 Å². The molecule has 0 aliphatic carbocycles. The van der Waals surface area contributed by atoms with E-state index >= 15 is 0 Å². The lowest BCUT2D eigenvalue weighted by atomic mass is 10.1. The minimum absolute atomic E-state index is 1.01. The molecule has 102 valence electrons. The highest BCUT2D eigenvalue weighted by atomic mass is 79.9. The first-order chi connectivity index (χ1) is 9.15. The number of nitrogens with zero attached hydrogens (tertiary/aromatic N) is 1. The van der Waals surface area contributed by atoms with E-state index in [0.717, 1.165) is 19.5 Å². The second-order valence-corrected chi connectivity index (χ2v) is 6.77. The van der Waals surface area contributed by atoms with Crippen LogP contribution in [-0.2, 0) is 0 Å². The number of anilines is 1. The molecule has 1 aromatic rings. The van der Waals surface area contributed by atoms with E-state index in [0.29, 0.717) is 0 Å². The van der Waals surface area contributed by atoms with Gasteiger partial charge in [0.1, 0.15) is 0 Å². The van der Waals surface area contributed by atoms with Gasteiger partial charge in [-0.15, -0.1) is 0 Å². The lowest BCUT2D eigenvalue weighted by Crippen LogP contribution is -2.21. The van der Waals surface area contributed by atoms with Crippen molar-refractivity contribution in [2.24, 2.45) is 0 Å². The van der Waals surface area contributed by atoms with Crippen LogP contribution in [0.15, 0.2) is 39.7 Å². The SMILES string of the molecule is CCN(CC)c1ccc(C2=CCC(Br)=C(C)S2)cc1. The summed E-state index contributed by atoms with van der Waals surface area (Å²) in [6, 6.07) is 8.93. The molecule has 2 rings (SSSR count). The molecule has 3 heteroatoms. The third-order valence-electron chi connectivity index (χ3n) is 3.39. The molecule has 1 nitrogen and oxygen atoms in total. The van der Waals surface area contributed by atoms with Crippen molar-refractivity contribution in [3.05, 3.63) is 45.3 Å². The smallest absolute Gasteiger partial charge is 0.0366 e. The van der Waals surface area contributed by atoms with E-state index in [9.17, 15) is 0 Å². The molecule has 0 amide bonds. The molecule has 1 heterocycles. The molecular weight excluding hydrogens is 318 g/mol. The van der Waals surface area contributed by atoms with Crippen LogP contribution in [0.2, 0.25) is 0 Å². The number of rotatable bonds is 4. The van der Waals surface area contributed by atoms with Gasteiger partial charge in [-0.1, -0.05) is 45.9 Å². The maximum Gasteiger partial charge on any atom is 0.0366 e. The van der Waals surface area contributed by atoms with Crippen LogP contribution in [0.3, 0.4) is 0 Å². The predicted octanol–water partition coefficient (Wildman–Crippen LogP) is 5.64. The van der Waals surface area contributed by atoms with Crippen molar-refractivity contribution in [1.29, 1.82) is 0 Å². The van der Waals surface area contributed by atoms with Crippen LogP contribution in [0.5, 0.6) is 0 Å². The summed E-state index contributed by atoms with van der Waals surface area (Å²) in [7, 11) is 0. The van der Waals surface area contributed by atoms with Crippen molar-refractivity contribution < 1.29 is 0 Å². The van der Waals surface area contributed by atoms with Gasteiger partial charge in [-0.25, -0.2) is 0 Å². The second kappa shape index (κ2) is 6.67. The van der Waals surface area contributed by atoms with Crippen molar-refractivity contribution in [2.45, 2.75) is 27.2 Å². The molecule has 0 radical (unpaired) electrons. The zero-order valence-electron chi connectivity index (χ0n) is 11.7. The van der Waals surface area contributed by atoms with Gasteiger partial charge in [0.25, 0.3) is 0 Å². The first-order valence-electron chi connectivity index (χ1n) is 6.74. The van der Waals surface area contributed by atoms with Crippen LogP contribution in [0.4, 0.5) is 5.69 Å². The Labute approximate surface area is 128 Å². The molecule has 0 N–H and O–H groups in total. The molecule has 0 spiro atoms. The molecule has 1 aliphatic heterocycles. The van der Waals surface area contributed by atoms with E-state index in [1.165, 1.54) is 25.5 Å². The quantitative estimate of drug-likeness (QED) is 0.699. The van der Waals surface area contributed by atoms with Gasteiger partial charge >= 0.3 is 0 Å². The summed E-state index contributed by atoms with van der Waals surface area (Å²) >= 11 is 5.46. The maximum atomic E-state index is 3.61. The maximum absolute atomic E-state index is 3.61. The Morgan fingerprint density at radius 1 is 1.16 bits per heavy atom. The summed E-state index contributed by atoms with van der Waals surface area (Å²) < 4.78 is 1.31. The second-order valence-electron chi connectivity index (χ2n) is 4.55. The largest absolute Gasteiger partial charge is 0.372 e. The van der Waals surface area contributed by atoms with Crippen molar-refractivity contribution in [1.82, 2.24) is 0 Å². The van der Waals surface area contributed by atoms with Gasteiger partial charge in [-0.3, -0.25) is 0 Å². The van der Waals surface area contributed by atoms with Gasteiger partial charge in [0.2, 0.25) is 0 Å². The Morgan fingerprint density at radius 3 is 2.32 bits per heavy atom. The number of hydrogen-bond acceptors (Lipinski definition) is 2. The highest BCUT2D eigenvalue weighted by molar-refractivity contribution is 9.11. The summed E-state index contributed by atoms with van der Waals surface area (Å²) in [4.78, 5) is 5.10. The van der Waals surface area contributed by atoms with Gasteiger partial charge in [-0.05, 0) is 49.8 Å². The molecular formula is C16H20BrNS. The zero-order chi connectivity index (χ0) is 13.8. The highest BCUT2D eigenvalue weighted by Crippen LogP contribution is 2.42. The average Bonchev–Trinajstić information content (AvgIpc) is 2.44. The third-order valence-corrected chi connectivity index (χ3v) is 5.75. The summed E-state index contributed by atoms with van der Waals surface area (Å²) in [6.07, 6.45) is 3.31. The normalized spacial score (nSPS) is 15.5. The Hall–Kier alpha value is -0.670. The van der Waals surface area contributed by atoms with Gasteiger partial charge in [0.05, 0.1) is 0 Å². The Kier molecular flexibility index (Phi) is 5.17. The predicted molar refractivity (Wildman–Crippen MR) is 91.8 cm³/mol. The van der Waals surface area contributed by atoms with Gasteiger partial charge in [0, 0.05) is 28.2 Å². The minimum atomic E-state index is 1.01. The summed E-state index contributed by atoms with van der Waals surface area (Å²) in [5.74, 6) is 0. The number of hydrogen-bond donors (Lipinski definition) is 0. The van der Waals surface area contributed by atoms with Crippen LogP contribution in [0.1, 0.15) is 32.8 Å². The average molecular weight is 338 g/mol. The van der Waals surface area contributed by atoms with Crippen LogP contribution in [-0.4, -0.2) is 13.1 Å². The Morgan fingerprint density at radius 2 is 1.79 bits per heavy atom. The number of allylic oxidation sites excluding steroid dienone is 3. The van der Waals surface area contributed by atoms with E-state index in [4.69, 9.17) is 0 Å². The molecule has 0 saturated carbocycles. The van der Waals surface area contributed by atoms with Crippen molar-refractivity contribution in [3.8, 4) is 0 Å². The number of halogens is 1. The first-order valence-corrected chi connectivity index (χ1v) is 8.35. The molecule has 0 saturated heterocycles. The molecule has 0 aromatic heterocycles. The van der Waals surface area contributed by atoms with Crippen molar-refractivity contribution in [3.63, 3.8) is 0 Å². The van der Waals surface area contributed by atoms with E-state index in [-0.39, 0.29) is 0 Å². The molecule has 0 bridgehead atoms. The van der Waals surface area contributed by atoms with Crippen molar-refractivity contribution in [2.75, 3.05) is 18.0 Å². The molecule has 1 aliphatic rings. The zero-order valence-corrected chi connectivity index (χ0v) is 14.1. The van der Waals surface area contributed by atoms with Gasteiger partial charge in [-0.2, -0.15) is 0 Å². The van der Waals surface area contributed by atoms with E-state index in [1.54, 1.807) is 0 Å². The fraction of sp³-hybridized carbons (Fsp3) is 0.375. The van der Waals surface area contributed by atoms with Crippen LogP contribution >= 0.6 is 27.7 Å². The van der Waals surface area contributed by atoms with E-state index < -0.39 is 0 Å². The lowest BCUT2D eigenvalue weighted by Gasteiger charge is -2.21. The fourth-order valence-electron chi connectivity index (χ4n) is 2.19. The lowest BCUT2D eigenvalue weighted by molar-refractivity contribution is 0.866. The third kappa shape index (κ3) is 3.46.